The molecule has 0 atom stereocenters. The van der Waals surface area contributed by atoms with Crippen LogP contribution in [-0.4, -0.2) is 25.9 Å². The number of hydrogen-bond donors (Lipinski definition) is 2. The Balaban J connectivity index is 2.38. The summed E-state index contributed by atoms with van der Waals surface area (Å²) in [6, 6.07) is 11.4. The van der Waals surface area contributed by atoms with Gasteiger partial charge in [0.25, 0.3) is 20.2 Å². The van der Waals surface area contributed by atoms with Gasteiger partial charge in [0.05, 0.1) is 9.79 Å². The van der Waals surface area contributed by atoms with Crippen molar-refractivity contribution >= 4 is 20.2 Å². The Morgan fingerprint density at radius 3 is 1.77 bits per heavy atom. The smallest absolute Gasteiger partial charge is 0.294 e. The molecule has 0 aromatic heterocycles. The number of hydrogen-bond acceptors (Lipinski definition) is 5. The lowest BCUT2D eigenvalue weighted by Crippen LogP contribution is -2.05. The summed E-state index contributed by atoms with van der Waals surface area (Å²) in [6.07, 6.45) is 0. The summed E-state index contributed by atoms with van der Waals surface area (Å²) < 4.78 is 68.0. The van der Waals surface area contributed by atoms with Crippen molar-refractivity contribution in [1.29, 1.82) is 0 Å². The van der Waals surface area contributed by atoms with Gasteiger partial charge in [-0.1, -0.05) is 30.3 Å². The van der Waals surface area contributed by atoms with Crippen molar-refractivity contribution in [1.82, 2.24) is 0 Å². The van der Waals surface area contributed by atoms with Crippen LogP contribution in [0.3, 0.4) is 0 Å². The molecule has 0 fully saturated rings. The van der Waals surface area contributed by atoms with Crippen LogP contribution in [0.15, 0.2) is 58.3 Å². The molecule has 0 amide bonds. The van der Waals surface area contributed by atoms with Crippen LogP contribution in [0.2, 0.25) is 0 Å². The molecule has 0 aliphatic heterocycles. The van der Waals surface area contributed by atoms with Gasteiger partial charge in [-0.2, -0.15) is 16.8 Å². The van der Waals surface area contributed by atoms with Gasteiger partial charge in [0.1, 0.15) is 12.4 Å². The van der Waals surface area contributed by atoms with Crippen LogP contribution in [0.4, 0.5) is 0 Å². The maximum Gasteiger partial charge on any atom is 0.294 e. The molecule has 2 aromatic carbocycles. The zero-order valence-corrected chi connectivity index (χ0v) is 12.7. The van der Waals surface area contributed by atoms with Crippen molar-refractivity contribution in [2.24, 2.45) is 0 Å². The van der Waals surface area contributed by atoms with E-state index >= 15 is 0 Å². The van der Waals surface area contributed by atoms with Gasteiger partial charge >= 0.3 is 0 Å². The van der Waals surface area contributed by atoms with Crippen LogP contribution in [0, 0.1) is 0 Å². The molecule has 2 N–H and O–H groups in total. The molecule has 0 saturated carbocycles. The van der Waals surface area contributed by atoms with Crippen LogP contribution in [-0.2, 0) is 26.8 Å². The second kappa shape index (κ2) is 6.05. The lowest BCUT2D eigenvalue weighted by Gasteiger charge is -2.09. The molecule has 7 nitrogen and oxygen atoms in total. The largest absolute Gasteiger partial charge is 0.489 e. The Morgan fingerprint density at radius 1 is 0.818 bits per heavy atom. The molecule has 2 aromatic rings. The summed E-state index contributed by atoms with van der Waals surface area (Å²) in [5.41, 5.74) is 0.771. The first-order chi connectivity index (χ1) is 10.2. The third-order valence-corrected chi connectivity index (χ3v) is 4.36. The Bertz CT molecular complexity index is 822. The second-order valence-corrected chi connectivity index (χ2v) is 7.21. The van der Waals surface area contributed by atoms with Crippen LogP contribution in [0.5, 0.6) is 5.75 Å². The fraction of sp³-hybridized carbons (Fsp3) is 0.0769. The summed E-state index contributed by atoms with van der Waals surface area (Å²) in [4.78, 5) is -1.38. The topological polar surface area (TPSA) is 118 Å². The van der Waals surface area contributed by atoms with Crippen LogP contribution < -0.4 is 4.74 Å². The zero-order chi connectivity index (χ0) is 16.4. The molecule has 118 valence electrons. The standard InChI is InChI=1S/C13H12O7S2/c14-21(15,16)12-6-11(7-13(8-12)22(17,18)19)20-9-10-4-2-1-3-5-10/h1-8H,9H2,(H,14,15,16)(H,17,18,19). The average Bonchev–Trinajstić information content (AvgIpc) is 2.44. The molecule has 0 unspecified atom stereocenters. The maximum absolute atomic E-state index is 11.2. The normalized spacial score (nSPS) is 12.1. The lowest BCUT2D eigenvalue weighted by atomic mass is 10.2. The highest BCUT2D eigenvalue weighted by atomic mass is 32.2. The molecule has 2 rings (SSSR count). The number of benzene rings is 2. The first-order valence-corrected chi connectivity index (χ1v) is 8.81. The quantitative estimate of drug-likeness (QED) is 0.793. The molecular formula is C13H12O7S2. The van der Waals surface area contributed by atoms with E-state index in [1.807, 2.05) is 0 Å². The highest BCUT2D eigenvalue weighted by Gasteiger charge is 2.18. The van der Waals surface area contributed by atoms with Crippen molar-refractivity contribution in [3.63, 3.8) is 0 Å². The molecule has 0 bridgehead atoms. The molecular weight excluding hydrogens is 332 g/mol. The summed E-state index contributed by atoms with van der Waals surface area (Å²) in [7, 11) is -9.29. The van der Waals surface area contributed by atoms with Crippen molar-refractivity contribution in [3.05, 3.63) is 54.1 Å². The van der Waals surface area contributed by atoms with Gasteiger partial charge in [-0.15, -0.1) is 0 Å². The highest BCUT2D eigenvalue weighted by Crippen LogP contribution is 2.24. The molecule has 0 aliphatic carbocycles. The summed E-state index contributed by atoms with van der Waals surface area (Å²) in [5, 5.41) is 0. The van der Waals surface area contributed by atoms with Gasteiger partial charge in [-0.05, 0) is 11.6 Å². The van der Waals surface area contributed by atoms with Crippen molar-refractivity contribution < 1.29 is 30.7 Å². The zero-order valence-electron chi connectivity index (χ0n) is 11.1. The monoisotopic (exact) mass is 344 g/mol. The minimum absolute atomic E-state index is 0.0562. The molecule has 0 heterocycles. The van der Waals surface area contributed by atoms with Crippen LogP contribution in [0.25, 0.3) is 0 Å². The van der Waals surface area contributed by atoms with Crippen molar-refractivity contribution in [2.75, 3.05) is 0 Å². The Morgan fingerprint density at radius 2 is 1.32 bits per heavy atom. The second-order valence-electron chi connectivity index (χ2n) is 4.36. The molecule has 0 radical (unpaired) electrons. The lowest BCUT2D eigenvalue weighted by molar-refractivity contribution is 0.304. The van der Waals surface area contributed by atoms with E-state index in [-0.39, 0.29) is 12.4 Å². The molecule has 22 heavy (non-hydrogen) atoms. The van der Waals surface area contributed by atoms with E-state index in [0.717, 1.165) is 17.7 Å². The first-order valence-electron chi connectivity index (χ1n) is 5.93. The average molecular weight is 344 g/mol. The van der Waals surface area contributed by atoms with Gasteiger partial charge in [-0.25, -0.2) is 0 Å². The Kier molecular flexibility index (Phi) is 4.52. The van der Waals surface area contributed by atoms with E-state index in [0.29, 0.717) is 6.07 Å². The van der Waals surface area contributed by atoms with Crippen molar-refractivity contribution in [2.45, 2.75) is 16.4 Å². The van der Waals surface area contributed by atoms with E-state index < -0.39 is 30.0 Å². The van der Waals surface area contributed by atoms with Crippen LogP contribution >= 0.6 is 0 Å². The highest BCUT2D eigenvalue weighted by molar-refractivity contribution is 7.86. The van der Waals surface area contributed by atoms with Crippen LogP contribution in [0.1, 0.15) is 5.56 Å². The SMILES string of the molecule is O=S(=O)(O)c1cc(OCc2ccccc2)cc(S(=O)(=O)O)c1. The summed E-state index contributed by atoms with van der Waals surface area (Å²) in [6.45, 7) is 0.0562. The summed E-state index contributed by atoms with van der Waals surface area (Å²) >= 11 is 0. The minimum Gasteiger partial charge on any atom is -0.489 e. The van der Waals surface area contributed by atoms with Gasteiger partial charge < -0.3 is 4.74 Å². The first kappa shape index (κ1) is 16.4. The predicted molar refractivity (Wildman–Crippen MR) is 76.8 cm³/mol. The van der Waals surface area contributed by atoms with Crippen molar-refractivity contribution in [3.8, 4) is 5.75 Å². The van der Waals surface area contributed by atoms with Gasteiger partial charge in [0.15, 0.2) is 0 Å². The van der Waals surface area contributed by atoms with Gasteiger partial charge in [-0.3, -0.25) is 9.11 Å². The van der Waals surface area contributed by atoms with Gasteiger partial charge in [0, 0.05) is 12.1 Å². The maximum atomic E-state index is 11.2. The Hall–Kier alpha value is -1.94. The van der Waals surface area contributed by atoms with E-state index in [2.05, 4.69) is 0 Å². The minimum atomic E-state index is -4.65. The molecule has 0 aliphatic rings. The van der Waals surface area contributed by atoms with E-state index in [1.54, 1.807) is 30.3 Å². The third kappa shape index (κ3) is 4.28. The van der Waals surface area contributed by atoms with E-state index in [1.165, 1.54) is 0 Å². The molecule has 9 heteroatoms. The summed E-state index contributed by atoms with van der Waals surface area (Å²) in [5.74, 6) is -0.119. The fourth-order valence-electron chi connectivity index (χ4n) is 1.67. The molecule has 0 spiro atoms. The molecule has 0 saturated heterocycles. The fourth-order valence-corrected chi connectivity index (χ4v) is 2.82. The van der Waals surface area contributed by atoms with E-state index in [9.17, 15) is 16.8 Å². The third-order valence-electron chi connectivity index (χ3n) is 2.70. The predicted octanol–water partition coefficient (Wildman–Crippen LogP) is 1.76. The van der Waals surface area contributed by atoms with Gasteiger partial charge in [0.2, 0.25) is 0 Å². The number of rotatable bonds is 5. The Labute approximate surface area is 127 Å². The van der Waals surface area contributed by atoms with E-state index in [4.69, 9.17) is 13.8 Å². The number of ether oxygens (including phenoxy) is 1.